The van der Waals surface area contributed by atoms with Crippen molar-refractivity contribution >= 4 is 17.3 Å². The number of benzene rings is 1. The average Bonchev–Trinajstić information content (AvgIpc) is 2.38. The van der Waals surface area contributed by atoms with Crippen molar-refractivity contribution in [1.82, 2.24) is 5.32 Å². The molecule has 0 bridgehead atoms. The number of hydrogen-bond donors (Lipinski definition) is 3. The molecule has 1 rings (SSSR count). The van der Waals surface area contributed by atoms with Gasteiger partial charge in [-0.1, -0.05) is 13.3 Å². The summed E-state index contributed by atoms with van der Waals surface area (Å²) in [6, 6.07) is 5.40. The van der Waals surface area contributed by atoms with Crippen LogP contribution in [0.3, 0.4) is 0 Å². The minimum Gasteiger partial charge on any atom is -0.399 e. The Morgan fingerprint density at radius 1 is 1.47 bits per heavy atom. The zero-order valence-corrected chi connectivity index (χ0v) is 11.8. The van der Waals surface area contributed by atoms with Gasteiger partial charge in [0.1, 0.15) is 0 Å². The highest BCUT2D eigenvalue weighted by atomic mass is 16.5. The molecule has 0 saturated heterocycles. The van der Waals surface area contributed by atoms with Gasteiger partial charge in [-0.15, -0.1) is 0 Å². The van der Waals surface area contributed by atoms with Gasteiger partial charge in [0.05, 0.1) is 12.2 Å². The summed E-state index contributed by atoms with van der Waals surface area (Å²) in [7, 11) is 3.28. The summed E-state index contributed by atoms with van der Waals surface area (Å²) in [6.07, 6.45) is 2.01. The Hall–Kier alpha value is -1.75. The third-order valence-corrected chi connectivity index (χ3v) is 2.88. The number of ether oxygens (including phenoxy) is 1. The lowest BCUT2D eigenvalue weighted by Gasteiger charge is -2.20. The average molecular weight is 265 g/mol. The van der Waals surface area contributed by atoms with E-state index in [1.807, 2.05) is 0 Å². The number of carbonyl (C=O) groups is 1. The fraction of sp³-hybridized carbons (Fsp3) is 0.500. The molecule has 0 aromatic heterocycles. The molecule has 0 aliphatic rings. The number of methoxy groups -OCH3 is 1. The van der Waals surface area contributed by atoms with E-state index in [9.17, 15) is 4.79 Å². The van der Waals surface area contributed by atoms with Gasteiger partial charge in [0.25, 0.3) is 5.91 Å². The summed E-state index contributed by atoms with van der Waals surface area (Å²) < 4.78 is 5.19. The fourth-order valence-electron chi connectivity index (χ4n) is 1.98. The standard InChI is InChI=1S/C14H23N3O2/c1-4-5-11(9-19-3)17-13-8-10(15)6-7-12(13)14(18)16-2/h6-8,11,17H,4-5,9,15H2,1-3H3,(H,16,18). The molecule has 1 unspecified atom stereocenters. The maximum atomic E-state index is 11.8. The van der Waals surface area contributed by atoms with Crippen molar-refractivity contribution in [3.8, 4) is 0 Å². The van der Waals surface area contributed by atoms with E-state index >= 15 is 0 Å². The highest BCUT2D eigenvalue weighted by Gasteiger charge is 2.14. The van der Waals surface area contributed by atoms with Crippen LogP contribution in [0.4, 0.5) is 11.4 Å². The molecule has 1 atom stereocenters. The van der Waals surface area contributed by atoms with Gasteiger partial charge < -0.3 is 21.1 Å². The largest absolute Gasteiger partial charge is 0.399 e. The molecule has 0 radical (unpaired) electrons. The van der Waals surface area contributed by atoms with Gasteiger partial charge in [0.15, 0.2) is 0 Å². The molecule has 5 heteroatoms. The Kier molecular flexibility index (Phi) is 6.15. The van der Waals surface area contributed by atoms with E-state index in [2.05, 4.69) is 17.6 Å². The summed E-state index contributed by atoms with van der Waals surface area (Å²) in [4.78, 5) is 11.8. The molecule has 0 spiro atoms. The second kappa shape index (κ2) is 7.63. The van der Waals surface area contributed by atoms with Crippen LogP contribution in [0.2, 0.25) is 0 Å². The molecule has 1 aromatic carbocycles. The number of hydrogen-bond acceptors (Lipinski definition) is 4. The quantitative estimate of drug-likeness (QED) is 0.658. The van der Waals surface area contributed by atoms with Crippen LogP contribution in [0.1, 0.15) is 30.1 Å². The summed E-state index contributed by atoms with van der Waals surface area (Å²) in [6.45, 7) is 2.71. The summed E-state index contributed by atoms with van der Waals surface area (Å²) in [5.41, 5.74) is 7.75. The fourth-order valence-corrected chi connectivity index (χ4v) is 1.98. The molecule has 0 saturated carbocycles. The first-order chi connectivity index (χ1) is 9.12. The van der Waals surface area contributed by atoms with E-state index < -0.39 is 0 Å². The first kappa shape index (κ1) is 15.3. The van der Waals surface area contributed by atoms with Crippen LogP contribution in [0.25, 0.3) is 0 Å². The SMILES string of the molecule is CCCC(COC)Nc1cc(N)ccc1C(=O)NC. The second-order valence-corrected chi connectivity index (χ2v) is 4.47. The van der Waals surface area contributed by atoms with Crippen LogP contribution < -0.4 is 16.4 Å². The smallest absolute Gasteiger partial charge is 0.253 e. The first-order valence-corrected chi connectivity index (χ1v) is 6.49. The van der Waals surface area contributed by atoms with Crippen LogP contribution in [0, 0.1) is 0 Å². The molecule has 0 heterocycles. The lowest BCUT2D eigenvalue weighted by atomic mass is 10.1. The summed E-state index contributed by atoms with van der Waals surface area (Å²) >= 11 is 0. The topological polar surface area (TPSA) is 76.4 Å². The minimum absolute atomic E-state index is 0.129. The van der Waals surface area contributed by atoms with Crippen molar-refractivity contribution in [2.75, 3.05) is 31.8 Å². The highest BCUT2D eigenvalue weighted by Crippen LogP contribution is 2.21. The highest BCUT2D eigenvalue weighted by molar-refractivity contribution is 6.00. The first-order valence-electron chi connectivity index (χ1n) is 6.49. The molecule has 1 amide bonds. The molecule has 5 nitrogen and oxygen atoms in total. The maximum Gasteiger partial charge on any atom is 0.253 e. The summed E-state index contributed by atoms with van der Waals surface area (Å²) in [5.74, 6) is -0.129. The third-order valence-electron chi connectivity index (χ3n) is 2.88. The maximum absolute atomic E-state index is 11.8. The van der Waals surface area contributed by atoms with Gasteiger partial charge in [0.2, 0.25) is 0 Å². The second-order valence-electron chi connectivity index (χ2n) is 4.47. The Labute approximate surface area is 114 Å². The molecule has 4 N–H and O–H groups in total. The predicted molar refractivity (Wildman–Crippen MR) is 78.4 cm³/mol. The molecule has 0 aliphatic carbocycles. The zero-order valence-electron chi connectivity index (χ0n) is 11.8. The van der Waals surface area contributed by atoms with Crippen LogP contribution in [-0.2, 0) is 4.74 Å². The van der Waals surface area contributed by atoms with Gasteiger partial charge in [-0.05, 0) is 24.6 Å². The third kappa shape index (κ3) is 4.44. The van der Waals surface area contributed by atoms with Crippen molar-refractivity contribution in [1.29, 1.82) is 0 Å². The van der Waals surface area contributed by atoms with Crippen molar-refractivity contribution in [2.24, 2.45) is 0 Å². The molecule has 0 fully saturated rings. The number of nitrogens with one attached hydrogen (secondary N) is 2. The molecular weight excluding hydrogens is 242 g/mol. The van der Waals surface area contributed by atoms with E-state index in [0.29, 0.717) is 17.9 Å². The predicted octanol–water partition coefficient (Wildman–Crippen LogP) is 1.86. The van der Waals surface area contributed by atoms with Crippen molar-refractivity contribution in [3.63, 3.8) is 0 Å². The lowest BCUT2D eigenvalue weighted by Crippen LogP contribution is -2.27. The van der Waals surface area contributed by atoms with Gasteiger partial charge in [-0.3, -0.25) is 4.79 Å². The molecule has 1 aromatic rings. The molecule has 106 valence electrons. The van der Waals surface area contributed by atoms with E-state index in [-0.39, 0.29) is 11.9 Å². The molecular formula is C14H23N3O2. The summed E-state index contributed by atoms with van der Waals surface area (Å²) in [5, 5.41) is 5.97. The number of carbonyl (C=O) groups excluding carboxylic acids is 1. The normalized spacial score (nSPS) is 11.9. The Morgan fingerprint density at radius 2 is 2.21 bits per heavy atom. The van der Waals surface area contributed by atoms with Crippen LogP contribution in [-0.4, -0.2) is 32.7 Å². The van der Waals surface area contributed by atoms with Gasteiger partial charge >= 0.3 is 0 Å². The van der Waals surface area contributed by atoms with Gasteiger partial charge in [0, 0.05) is 31.6 Å². The monoisotopic (exact) mass is 265 g/mol. The van der Waals surface area contributed by atoms with Crippen LogP contribution >= 0.6 is 0 Å². The van der Waals surface area contributed by atoms with E-state index in [0.717, 1.165) is 18.5 Å². The molecule has 0 aliphatic heterocycles. The van der Waals surface area contributed by atoms with Crippen LogP contribution in [0.15, 0.2) is 18.2 Å². The number of nitrogen functional groups attached to an aromatic ring is 1. The number of rotatable bonds is 7. The Bertz CT molecular complexity index is 415. The Balaban J connectivity index is 2.96. The van der Waals surface area contributed by atoms with Crippen molar-refractivity contribution in [2.45, 2.75) is 25.8 Å². The van der Waals surface area contributed by atoms with Crippen molar-refractivity contribution in [3.05, 3.63) is 23.8 Å². The van der Waals surface area contributed by atoms with Crippen LogP contribution in [0.5, 0.6) is 0 Å². The van der Waals surface area contributed by atoms with E-state index in [4.69, 9.17) is 10.5 Å². The number of amides is 1. The van der Waals surface area contributed by atoms with E-state index in [1.165, 1.54) is 0 Å². The Morgan fingerprint density at radius 3 is 2.79 bits per heavy atom. The van der Waals surface area contributed by atoms with Crippen molar-refractivity contribution < 1.29 is 9.53 Å². The minimum atomic E-state index is -0.129. The zero-order chi connectivity index (χ0) is 14.3. The lowest BCUT2D eigenvalue weighted by molar-refractivity contribution is 0.0963. The number of anilines is 2. The van der Waals surface area contributed by atoms with Gasteiger partial charge in [-0.25, -0.2) is 0 Å². The van der Waals surface area contributed by atoms with E-state index in [1.54, 1.807) is 32.4 Å². The number of nitrogens with two attached hydrogens (primary N) is 1. The molecule has 19 heavy (non-hydrogen) atoms. The van der Waals surface area contributed by atoms with Gasteiger partial charge in [-0.2, -0.15) is 0 Å².